The van der Waals surface area contributed by atoms with Crippen molar-refractivity contribution in [2.45, 2.75) is 39.3 Å². The summed E-state index contributed by atoms with van der Waals surface area (Å²) < 4.78 is 1.92. The highest BCUT2D eigenvalue weighted by molar-refractivity contribution is 5.88. The van der Waals surface area contributed by atoms with Gasteiger partial charge in [-0.2, -0.15) is 4.98 Å². The van der Waals surface area contributed by atoms with E-state index in [0.29, 0.717) is 36.4 Å². The number of hydrogen-bond acceptors (Lipinski definition) is 6. The summed E-state index contributed by atoms with van der Waals surface area (Å²) in [5, 5.41) is 3.48. The van der Waals surface area contributed by atoms with E-state index in [0.717, 1.165) is 36.0 Å². The average Bonchev–Trinajstić information content (AvgIpc) is 3.01. The highest BCUT2D eigenvalue weighted by Crippen LogP contribution is 2.27. The SMILES string of the molecule is Cc1cc2nc3c(=O)[nH]c(=O)nc-3n(CCNCC3=NC4CC=CC=CC4C3)c2cc1C. The van der Waals surface area contributed by atoms with Gasteiger partial charge in [0.05, 0.1) is 17.1 Å². The van der Waals surface area contributed by atoms with Crippen molar-refractivity contribution in [2.75, 3.05) is 13.1 Å². The number of fused-ring (bicyclic) bond motifs is 3. The van der Waals surface area contributed by atoms with Gasteiger partial charge in [0.25, 0.3) is 5.56 Å². The molecule has 1 aliphatic carbocycles. The highest BCUT2D eigenvalue weighted by Gasteiger charge is 2.26. The predicted molar refractivity (Wildman–Crippen MR) is 126 cm³/mol. The first-order valence-corrected chi connectivity index (χ1v) is 11.0. The molecule has 0 aromatic heterocycles. The maximum absolute atomic E-state index is 12.4. The van der Waals surface area contributed by atoms with E-state index < -0.39 is 11.2 Å². The first-order chi connectivity index (χ1) is 15.5. The first-order valence-electron chi connectivity index (χ1n) is 11.0. The van der Waals surface area contributed by atoms with Gasteiger partial charge in [0.15, 0.2) is 11.5 Å². The minimum Gasteiger partial charge on any atom is -0.321 e. The number of aromatic nitrogens is 4. The number of rotatable bonds is 5. The van der Waals surface area contributed by atoms with E-state index in [9.17, 15) is 9.59 Å². The van der Waals surface area contributed by atoms with Crippen molar-refractivity contribution in [3.63, 3.8) is 0 Å². The summed E-state index contributed by atoms with van der Waals surface area (Å²) in [5.41, 5.74) is 3.99. The molecule has 0 saturated heterocycles. The topological polar surface area (TPSA) is 105 Å². The number of allylic oxidation sites excluding steroid dienone is 2. The summed E-state index contributed by atoms with van der Waals surface area (Å²) in [4.78, 5) is 40.0. The maximum Gasteiger partial charge on any atom is 0.349 e. The lowest BCUT2D eigenvalue weighted by Crippen LogP contribution is -2.31. The summed E-state index contributed by atoms with van der Waals surface area (Å²) in [5.74, 6) is 0.801. The monoisotopic (exact) mass is 430 g/mol. The minimum atomic E-state index is -0.657. The van der Waals surface area contributed by atoms with E-state index in [1.54, 1.807) is 0 Å². The smallest absolute Gasteiger partial charge is 0.321 e. The van der Waals surface area contributed by atoms with E-state index in [1.807, 2.05) is 30.5 Å². The van der Waals surface area contributed by atoms with Gasteiger partial charge in [0.1, 0.15) is 0 Å². The van der Waals surface area contributed by atoms with Crippen molar-refractivity contribution in [2.24, 2.45) is 10.9 Å². The van der Waals surface area contributed by atoms with Gasteiger partial charge in [0.2, 0.25) is 0 Å². The van der Waals surface area contributed by atoms with Crippen LogP contribution >= 0.6 is 0 Å². The number of nitrogens with zero attached hydrogens (tertiary/aromatic N) is 4. The molecule has 0 bridgehead atoms. The molecule has 2 unspecified atom stereocenters. The van der Waals surface area contributed by atoms with Gasteiger partial charge in [-0.3, -0.25) is 14.8 Å². The Kier molecular flexibility index (Phi) is 5.30. The lowest BCUT2D eigenvalue weighted by atomic mass is 9.97. The molecule has 3 heterocycles. The maximum atomic E-state index is 12.4. The summed E-state index contributed by atoms with van der Waals surface area (Å²) in [6, 6.07) is 4.36. The van der Waals surface area contributed by atoms with Crippen LogP contribution in [0.3, 0.4) is 0 Å². The van der Waals surface area contributed by atoms with E-state index in [1.165, 1.54) is 5.71 Å². The second kappa shape index (κ2) is 8.27. The van der Waals surface area contributed by atoms with Crippen molar-refractivity contribution in [1.82, 2.24) is 24.8 Å². The van der Waals surface area contributed by atoms with E-state index in [2.05, 4.69) is 44.6 Å². The van der Waals surface area contributed by atoms with Gasteiger partial charge in [-0.1, -0.05) is 24.3 Å². The number of aryl methyl sites for hydroxylation is 2. The fourth-order valence-electron chi connectivity index (χ4n) is 4.54. The largest absolute Gasteiger partial charge is 0.349 e. The van der Waals surface area contributed by atoms with E-state index in [-0.39, 0.29) is 5.69 Å². The zero-order chi connectivity index (χ0) is 22.2. The predicted octanol–water partition coefficient (Wildman–Crippen LogP) is 2.14. The molecule has 4 aliphatic rings. The molecule has 1 aromatic carbocycles. The number of aromatic amines is 1. The van der Waals surface area contributed by atoms with Gasteiger partial charge >= 0.3 is 5.69 Å². The first kappa shape index (κ1) is 20.5. The zero-order valence-electron chi connectivity index (χ0n) is 18.3. The van der Waals surface area contributed by atoms with Crippen LogP contribution in [0.25, 0.3) is 22.6 Å². The lowest BCUT2D eigenvalue weighted by Gasteiger charge is -2.18. The Labute approximate surface area is 185 Å². The standard InChI is InChI=1S/C24H26N6O2/c1-14-10-19-20(11-15(14)2)30(22-21(27-19)23(31)29-24(32)28-22)9-8-25-13-17-12-16-6-4-3-5-7-18(16)26-17/h3-6,10-11,16,18,25H,7-9,12-13H2,1-2H3,(H,29,31,32). The minimum absolute atomic E-state index is 0.181. The Hall–Kier alpha value is -3.39. The molecule has 1 aromatic rings. The van der Waals surface area contributed by atoms with Gasteiger partial charge < -0.3 is 9.88 Å². The molecule has 0 spiro atoms. The van der Waals surface area contributed by atoms with Gasteiger partial charge in [-0.25, -0.2) is 9.78 Å². The van der Waals surface area contributed by atoms with Crippen molar-refractivity contribution in [3.05, 3.63) is 68.4 Å². The Bertz CT molecular complexity index is 1360. The molecule has 0 fully saturated rings. The molecular weight excluding hydrogens is 404 g/mol. The summed E-state index contributed by atoms with van der Waals surface area (Å²) in [7, 11) is 0. The third-order valence-corrected chi connectivity index (χ3v) is 6.36. The van der Waals surface area contributed by atoms with Crippen molar-refractivity contribution in [1.29, 1.82) is 0 Å². The lowest BCUT2D eigenvalue weighted by molar-refractivity contribution is 0.562. The van der Waals surface area contributed by atoms with Gasteiger partial charge in [-0.15, -0.1) is 0 Å². The average molecular weight is 431 g/mol. The Balaban J connectivity index is 1.39. The molecule has 2 atom stereocenters. The van der Waals surface area contributed by atoms with Crippen LogP contribution in [0.5, 0.6) is 0 Å². The van der Waals surface area contributed by atoms with Crippen molar-refractivity contribution < 1.29 is 0 Å². The zero-order valence-corrected chi connectivity index (χ0v) is 18.3. The molecule has 32 heavy (non-hydrogen) atoms. The molecule has 5 rings (SSSR count). The number of nitrogens with one attached hydrogen (secondary N) is 2. The molecule has 8 heteroatoms. The molecular formula is C24H26N6O2. The van der Waals surface area contributed by atoms with Crippen LogP contribution in [0.1, 0.15) is 24.0 Å². The third kappa shape index (κ3) is 3.82. The van der Waals surface area contributed by atoms with Gasteiger partial charge in [0, 0.05) is 31.3 Å². The summed E-state index contributed by atoms with van der Waals surface area (Å²) >= 11 is 0. The van der Waals surface area contributed by atoms with Crippen LogP contribution in [0.4, 0.5) is 0 Å². The van der Waals surface area contributed by atoms with Crippen LogP contribution < -0.4 is 16.6 Å². The number of benzene rings is 1. The van der Waals surface area contributed by atoms with E-state index in [4.69, 9.17) is 4.99 Å². The van der Waals surface area contributed by atoms with Crippen molar-refractivity contribution >= 4 is 16.7 Å². The van der Waals surface area contributed by atoms with Crippen LogP contribution in [0.15, 0.2) is 51.0 Å². The fourth-order valence-corrected chi connectivity index (χ4v) is 4.54. The van der Waals surface area contributed by atoms with E-state index >= 15 is 0 Å². The normalized spacial score (nSPS) is 20.0. The molecule has 0 radical (unpaired) electrons. The quantitative estimate of drug-likeness (QED) is 0.477. The Morgan fingerprint density at radius 3 is 2.88 bits per heavy atom. The molecule has 3 aliphatic heterocycles. The van der Waals surface area contributed by atoms with Crippen LogP contribution in [0, 0.1) is 19.8 Å². The molecule has 0 amide bonds. The number of hydrogen-bond donors (Lipinski definition) is 2. The summed E-state index contributed by atoms with van der Waals surface area (Å²) in [6.07, 6.45) is 10.6. The second-order valence-electron chi connectivity index (χ2n) is 8.59. The third-order valence-electron chi connectivity index (χ3n) is 6.36. The fraction of sp³-hybridized carbons (Fsp3) is 0.375. The van der Waals surface area contributed by atoms with Crippen LogP contribution in [0.2, 0.25) is 0 Å². The Morgan fingerprint density at radius 1 is 1.16 bits per heavy atom. The number of aliphatic imine (C=N–C) groups is 1. The second-order valence-corrected chi connectivity index (χ2v) is 8.59. The molecule has 0 saturated carbocycles. The van der Waals surface area contributed by atoms with Crippen molar-refractivity contribution in [3.8, 4) is 11.5 Å². The summed E-state index contributed by atoms with van der Waals surface area (Å²) in [6.45, 7) is 5.98. The molecule has 2 N–H and O–H groups in total. The van der Waals surface area contributed by atoms with Crippen LogP contribution in [-0.2, 0) is 6.54 Å². The number of H-pyrrole nitrogens is 1. The van der Waals surface area contributed by atoms with Crippen LogP contribution in [-0.4, -0.2) is 44.4 Å². The molecule has 164 valence electrons. The Morgan fingerprint density at radius 2 is 2.00 bits per heavy atom. The molecule has 8 nitrogen and oxygen atoms in total. The van der Waals surface area contributed by atoms with Gasteiger partial charge in [-0.05, 0) is 49.9 Å². The highest BCUT2D eigenvalue weighted by atomic mass is 16.2.